The summed E-state index contributed by atoms with van der Waals surface area (Å²) in [7, 11) is 0. The number of nitrogens with zero attached hydrogens (tertiary/aromatic N) is 3. The lowest BCUT2D eigenvalue weighted by molar-refractivity contribution is -0.122. The number of amides is 2. The Labute approximate surface area is 177 Å². The van der Waals surface area contributed by atoms with Crippen molar-refractivity contribution >= 4 is 23.2 Å². The van der Waals surface area contributed by atoms with Crippen molar-refractivity contribution < 1.29 is 18.4 Å². The smallest absolute Gasteiger partial charge is 0.244 e. The molecule has 0 saturated heterocycles. The van der Waals surface area contributed by atoms with Crippen LogP contribution in [0.1, 0.15) is 29.8 Å². The number of aryl methyl sites for hydroxylation is 2. The first-order valence-electron chi connectivity index (χ1n) is 9.76. The zero-order chi connectivity index (χ0) is 22.3. The Kier molecular flexibility index (Phi) is 5.22. The first-order valence-corrected chi connectivity index (χ1v) is 9.76. The van der Waals surface area contributed by atoms with E-state index < -0.39 is 29.5 Å². The number of carbonyl (C=O) groups is 2. The number of anilines is 2. The lowest BCUT2D eigenvalue weighted by Crippen LogP contribution is -2.40. The number of rotatable bonds is 3. The normalized spacial score (nSPS) is 15.2. The summed E-state index contributed by atoms with van der Waals surface area (Å²) in [5.74, 6) is -2.82. The summed E-state index contributed by atoms with van der Waals surface area (Å²) in [6, 6.07) is 9.25. The molecule has 3 aromatic rings. The molecule has 31 heavy (non-hydrogen) atoms. The summed E-state index contributed by atoms with van der Waals surface area (Å²) in [5.41, 5.74) is 2.35. The summed E-state index contributed by atoms with van der Waals surface area (Å²) >= 11 is 0. The summed E-state index contributed by atoms with van der Waals surface area (Å²) in [5, 5.41) is 2.60. The lowest BCUT2D eigenvalue weighted by atomic mass is 9.98. The second kappa shape index (κ2) is 7.86. The Hall–Kier alpha value is -3.68. The van der Waals surface area contributed by atoms with E-state index in [2.05, 4.69) is 15.3 Å². The second-order valence-corrected chi connectivity index (χ2v) is 7.54. The molecule has 1 aliphatic heterocycles. The quantitative estimate of drug-likeness (QED) is 0.644. The number of benzene rings is 1. The summed E-state index contributed by atoms with van der Waals surface area (Å²) in [4.78, 5) is 35.5. The van der Waals surface area contributed by atoms with Gasteiger partial charge in [0.2, 0.25) is 17.8 Å². The molecule has 0 spiro atoms. The number of fused-ring (bicyclic) bond motifs is 3. The van der Waals surface area contributed by atoms with E-state index in [0.717, 1.165) is 0 Å². The van der Waals surface area contributed by atoms with Gasteiger partial charge in [-0.1, -0.05) is 12.1 Å². The Morgan fingerprint density at radius 2 is 1.97 bits per heavy atom. The van der Waals surface area contributed by atoms with Crippen molar-refractivity contribution in [3.05, 3.63) is 71.3 Å². The molecule has 4 rings (SSSR count). The van der Waals surface area contributed by atoms with Crippen LogP contribution in [-0.2, 0) is 9.59 Å². The van der Waals surface area contributed by atoms with Gasteiger partial charge in [-0.25, -0.2) is 9.37 Å². The first-order chi connectivity index (χ1) is 14.8. The van der Waals surface area contributed by atoms with Gasteiger partial charge in [0.15, 0.2) is 0 Å². The van der Waals surface area contributed by atoms with Gasteiger partial charge in [-0.15, -0.1) is 0 Å². The minimum absolute atomic E-state index is 0.126. The molecule has 8 heteroatoms. The summed E-state index contributed by atoms with van der Waals surface area (Å²) < 4.78 is 28.8. The molecule has 0 fully saturated rings. The Balaban J connectivity index is 1.75. The maximum Gasteiger partial charge on any atom is 0.244 e. The van der Waals surface area contributed by atoms with Gasteiger partial charge in [0.25, 0.3) is 0 Å². The third-order valence-electron chi connectivity index (χ3n) is 5.29. The molecule has 1 N–H and O–H groups in total. The van der Waals surface area contributed by atoms with Gasteiger partial charge in [0, 0.05) is 23.1 Å². The highest BCUT2D eigenvalue weighted by Gasteiger charge is 2.35. The van der Waals surface area contributed by atoms with Crippen LogP contribution in [0.3, 0.4) is 0 Å². The van der Waals surface area contributed by atoms with Crippen LogP contribution >= 0.6 is 0 Å². The fourth-order valence-electron chi connectivity index (χ4n) is 3.70. The number of pyridine rings is 2. The van der Waals surface area contributed by atoms with Crippen molar-refractivity contribution in [1.82, 2.24) is 9.97 Å². The highest BCUT2D eigenvalue weighted by atomic mass is 19.1. The predicted molar refractivity (Wildman–Crippen MR) is 113 cm³/mol. The largest absolute Gasteiger partial charge is 0.324 e. The average Bonchev–Trinajstić information content (AvgIpc) is 2.80. The van der Waals surface area contributed by atoms with Crippen LogP contribution in [0.5, 0.6) is 0 Å². The van der Waals surface area contributed by atoms with Gasteiger partial charge >= 0.3 is 0 Å². The van der Waals surface area contributed by atoms with Crippen molar-refractivity contribution in [2.45, 2.75) is 26.7 Å². The number of nitrogens with one attached hydrogen (secondary N) is 1. The molecule has 158 valence electrons. The van der Waals surface area contributed by atoms with Gasteiger partial charge in [0.05, 0.1) is 22.9 Å². The van der Waals surface area contributed by atoms with Crippen LogP contribution in [0.4, 0.5) is 20.2 Å². The molecule has 0 aliphatic carbocycles. The average molecular weight is 422 g/mol. The molecule has 3 heterocycles. The van der Waals surface area contributed by atoms with Crippen molar-refractivity contribution in [3.63, 3.8) is 0 Å². The van der Waals surface area contributed by atoms with Gasteiger partial charge in [-0.3, -0.25) is 14.6 Å². The number of aromatic nitrogens is 2. The summed E-state index contributed by atoms with van der Waals surface area (Å²) in [6.07, 6.45) is 1.54. The third kappa shape index (κ3) is 3.76. The molecule has 1 aromatic carbocycles. The van der Waals surface area contributed by atoms with E-state index in [9.17, 15) is 18.4 Å². The Morgan fingerprint density at radius 3 is 2.71 bits per heavy atom. The maximum absolute atomic E-state index is 15.0. The molecule has 0 radical (unpaired) electrons. The number of halogens is 2. The monoisotopic (exact) mass is 422 g/mol. The minimum Gasteiger partial charge on any atom is -0.324 e. The van der Waals surface area contributed by atoms with Crippen LogP contribution in [0.25, 0.3) is 11.1 Å². The molecular weight excluding hydrogens is 402 g/mol. The number of hydrogen-bond donors (Lipinski definition) is 1. The van der Waals surface area contributed by atoms with E-state index in [1.807, 2.05) is 0 Å². The van der Waals surface area contributed by atoms with Crippen LogP contribution in [-0.4, -0.2) is 28.3 Å². The Morgan fingerprint density at radius 1 is 1.19 bits per heavy atom. The van der Waals surface area contributed by atoms with E-state index in [1.54, 1.807) is 51.1 Å². The highest BCUT2D eigenvalue weighted by Crippen LogP contribution is 2.41. The SMILES string of the molecule is Cc1cc2c(c(F)n1)-c1cccnc1C(C)C(=O)N2CC(=O)Nc1ccc(C)c(F)c1. The molecule has 1 atom stereocenters. The first kappa shape index (κ1) is 20.6. The number of carbonyl (C=O) groups excluding carboxylic acids is 2. The Bertz CT molecular complexity index is 1210. The van der Waals surface area contributed by atoms with Crippen molar-refractivity contribution in [1.29, 1.82) is 0 Å². The molecule has 1 aliphatic rings. The van der Waals surface area contributed by atoms with Crippen LogP contribution in [0.2, 0.25) is 0 Å². The van der Waals surface area contributed by atoms with E-state index in [4.69, 9.17) is 0 Å². The van der Waals surface area contributed by atoms with E-state index in [-0.39, 0.29) is 23.5 Å². The third-order valence-corrected chi connectivity index (χ3v) is 5.29. The highest BCUT2D eigenvalue weighted by molar-refractivity contribution is 6.09. The fourth-order valence-corrected chi connectivity index (χ4v) is 3.70. The zero-order valence-corrected chi connectivity index (χ0v) is 17.2. The minimum atomic E-state index is -0.739. The predicted octanol–water partition coefficient (Wildman–Crippen LogP) is 4.13. The van der Waals surface area contributed by atoms with Crippen LogP contribution in [0, 0.1) is 25.6 Å². The molecule has 1 unspecified atom stereocenters. The molecular formula is C23H20F2N4O2. The second-order valence-electron chi connectivity index (χ2n) is 7.54. The molecule has 0 saturated carbocycles. The van der Waals surface area contributed by atoms with Crippen molar-refractivity contribution in [3.8, 4) is 11.1 Å². The molecule has 2 aromatic heterocycles. The standard InChI is InChI=1S/C23H20F2N4O2/c1-12-6-7-15(10-17(12)24)28-19(30)11-29-18-9-13(2)27-22(25)20(18)16-5-4-8-26-21(16)14(3)23(29)31/h4-10,14H,11H2,1-3H3,(H,28,30). The van der Waals surface area contributed by atoms with E-state index in [1.165, 1.54) is 17.2 Å². The van der Waals surface area contributed by atoms with Crippen LogP contribution in [0.15, 0.2) is 42.6 Å². The van der Waals surface area contributed by atoms with Crippen LogP contribution < -0.4 is 10.2 Å². The van der Waals surface area contributed by atoms with Gasteiger partial charge in [-0.2, -0.15) is 4.39 Å². The fraction of sp³-hybridized carbons (Fsp3) is 0.217. The van der Waals surface area contributed by atoms with E-state index >= 15 is 0 Å². The van der Waals surface area contributed by atoms with Crippen molar-refractivity contribution in [2.75, 3.05) is 16.8 Å². The maximum atomic E-state index is 15.0. The molecule has 2 amide bonds. The molecule has 6 nitrogen and oxygen atoms in total. The topological polar surface area (TPSA) is 75.2 Å². The zero-order valence-electron chi connectivity index (χ0n) is 17.2. The lowest BCUT2D eigenvalue weighted by Gasteiger charge is -2.24. The number of hydrogen-bond acceptors (Lipinski definition) is 4. The molecule has 0 bridgehead atoms. The van der Waals surface area contributed by atoms with Crippen molar-refractivity contribution in [2.24, 2.45) is 0 Å². The van der Waals surface area contributed by atoms with Gasteiger partial charge < -0.3 is 10.2 Å². The van der Waals surface area contributed by atoms with E-state index in [0.29, 0.717) is 22.5 Å². The summed E-state index contributed by atoms with van der Waals surface area (Å²) in [6.45, 7) is 4.52. The van der Waals surface area contributed by atoms with Gasteiger partial charge in [-0.05, 0) is 50.6 Å². The van der Waals surface area contributed by atoms with Gasteiger partial charge in [0.1, 0.15) is 12.4 Å².